The van der Waals surface area contributed by atoms with E-state index in [4.69, 9.17) is 0 Å². The molecule has 1 nitrogen and oxygen atoms in total. The molecule has 1 saturated carbocycles. The number of aliphatic hydroxyl groups is 1. The third-order valence-electron chi connectivity index (χ3n) is 2.56. The van der Waals surface area contributed by atoms with Crippen LogP contribution in [-0.4, -0.2) is 25.0 Å². The molecule has 1 aliphatic carbocycles. The Bertz CT molecular complexity index is 125. The van der Waals surface area contributed by atoms with Gasteiger partial charge in [-0.25, -0.2) is 0 Å². The van der Waals surface area contributed by atoms with Gasteiger partial charge in [0, 0.05) is 0 Å². The molecule has 3 atom stereocenters. The standard InChI is InChI=1S/C9H19IO/c1-7-4-5-8(10(2)3)9(11)6-7/h7-9,11H,4-6H2,1-3H3/t7-,8-,9-/m1/s1. The van der Waals surface area contributed by atoms with Crippen LogP contribution in [0.25, 0.3) is 0 Å². The third-order valence-corrected chi connectivity index (χ3v) is 7.21. The van der Waals surface area contributed by atoms with Gasteiger partial charge in [-0.05, 0) is 0 Å². The molecular weight excluding hydrogens is 251 g/mol. The van der Waals surface area contributed by atoms with E-state index in [1.807, 2.05) is 0 Å². The summed E-state index contributed by atoms with van der Waals surface area (Å²) in [5.41, 5.74) is 0. The van der Waals surface area contributed by atoms with Crippen LogP contribution in [0.3, 0.4) is 0 Å². The minimum absolute atomic E-state index is 0.0407. The molecule has 1 rings (SSSR count). The minimum atomic E-state index is -0.745. The molecule has 0 heterocycles. The molecule has 1 fully saturated rings. The summed E-state index contributed by atoms with van der Waals surface area (Å²) in [5, 5.41) is 9.75. The molecule has 2 heteroatoms. The fourth-order valence-corrected chi connectivity index (χ4v) is 5.38. The van der Waals surface area contributed by atoms with Gasteiger partial charge in [0.2, 0.25) is 0 Å². The second kappa shape index (κ2) is 4.08. The topological polar surface area (TPSA) is 20.2 Å². The van der Waals surface area contributed by atoms with Gasteiger partial charge in [-0.1, -0.05) is 0 Å². The summed E-state index contributed by atoms with van der Waals surface area (Å²) >= 11 is -0.745. The van der Waals surface area contributed by atoms with Crippen LogP contribution < -0.4 is 0 Å². The van der Waals surface area contributed by atoms with E-state index in [0.29, 0.717) is 0 Å². The second-order valence-electron chi connectivity index (χ2n) is 3.82. The number of rotatable bonds is 1. The van der Waals surface area contributed by atoms with Crippen molar-refractivity contribution in [2.75, 3.05) is 9.86 Å². The predicted molar refractivity (Wildman–Crippen MR) is 58.7 cm³/mol. The van der Waals surface area contributed by atoms with E-state index < -0.39 is 19.8 Å². The molecule has 0 spiro atoms. The Morgan fingerprint density at radius 1 is 1.27 bits per heavy atom. The fraction of sp³-hybridized carbons (Fsp3) is 1.00. The van der Waals surface area contributed by atoms with E-state index in [9.17, 15) is 5.11 Å². The average Bonchev–Trinajstić information content (AvgIpc) is 1.85. The molecule has 0 aromatic rings. The molecule has 0 bridgehead atoms. The Balaban J connectivity index is 2.44. The summed E-state index contributed by atoms with van der Waals surface area (Å²) in [6.07, 6.45) is 3.73. The maximum absolute atomic E-state index is 9.75. The first kappa shape index (κ1) is 9.78. The molecule has 0 radical (unpaired) electrons. The zero-order valence-electron chi connectivity index (χ0n) is 7.68. The zero-order chi connectivity index (χ0) is 8.43. The first-order valence-corrected chi connectivity index (χ1v) is 9.84. The van der Waals surface area contributed by atoms with Crippen molar-refractivity contribution in [3.63, 3.8) is 0 Å². The van der Waals surface area contributed by atoms with Gasteiger partial charge in [0.1, 0.15) is 0 Å². The van der Waals surface area contributed by atoms with Crippen molar-refractivity contribution >= 4 is 19.8 Å². The van der Waals surface area contributed by atoms with E-state index in [0.717, 1.165) is 16.3 Å². The van der Waals surface area contributed by atoms with Crippen LogP contribution in [0.5, 0.6) is 0 Å². The quantitative estimate of drug-likeness (QED) is 0.572. The van der Waals surface area contributed by atoms with Crippen LogP contribution in [0.2, 0.25) is 0 Å². The van der Waals surface area contributed by atoms with Crippen molar-refractivity contribution in [1.29, 1.82) is 0 Å². The molecule has 0 aliphatic heterocycles. The number of hydrogen-bond donors (Lipinski definition) is 1. The van der Waals surface area contributed by atoms with Gasteiger partial charge < -0.3 is 0 Å². The molecule has 0 aromatic carbocycles. The maximum atomic E-state index is 9.75. The monoisotopic (exact) mass is 270 g/mol. The number of hydrogen-bond acceptors (Lipinski definition) is 1. The van der Waals surface area contributed by atoms with Crippen LogP contribution in [0, 0.1) is 5.92 Å². The summed E-state index contributed by atoms with van der Waals surface area (Å²) in [6, 6.07) is 0. The summed E-state index contributed by atoms with van der Waals surface area (Å²) in [6.45, 7) is 2.25. The van der Waals surface area contributed by atoms with Gasteiger partial charge in [0.05, 0.1) is 0 Å². The molecular formula is C9H19IO. The Hall–Kier alpha value is 0.690. The summed E-state index contributed by atoms with van der Waals surface area (Å²) in [5.74, 6) is 0.761. The van der Waals surface area contributed by atoms with Crippen molar-refractivity contribution < 1.29 is 5.11 Å². The van der Waals surface area contributed by atoms with E-state index in [1.54, 1.807) is 0 Å². The van der Waals surface area contributed by atoms with Gasteiger partial charge in [0.15, 0.2) is 0 Å². The molecule has 0 unspecified atom stereocenters. The number of aliphatic hydroxyl groups excluding tert-OH is 1. The Morgan fingerprint density at radius 3 is 2.36 bits per heavy atom. The van der Waals surface area contributed by atoms with Crippen molar-refractivity contribution in [1.82, 2.24) is 0 Å². The summed E-state index contributed by atoms with van der Waals surface area (Å²) < 4.78 is 0.718. The number of alkyl halides is 3. The van der Waals surface area contributed by atoms with Gasteiger partial charge >= 0.3 is 76.9 Å². The van der Waals surface area contributed by atoms with E-state index >= 15 is 0 Å². The molecule has 11 heavy (non-hydrogen) atoms. The SMILES string of the molecule is C[C@@H]1CC[C@@H](I(C)C)[C@H](O)C1. The van der Waals surface area contributed by atoms with Crippen LogP contribution in [0.1, 0.15) is 26.2 Å². The zero-order valence-corrected chi connectivity index (χ0v) is 9.84. The molecule has 1 N–H and O–H groups in total. The summed E-state index contributed by atoms with van der Waals surface area (Å²) in [4.78, 5) is 4.74. The Labute approximate surface area is 77.0 Å². The van der Waals surface area contributed by atoms with Crippen molar-refractivity contribution in [3.8, 4) is 0 Å². The predicted octanol–water partition coefficient (Wildman–Crippen LogP) is 2.30. The van der Waals surface area contributed by atoms with Crippen LogP contribution in [-0.2, 0) is 0 Å². The van der Waals surface area contributed by atoms with E-state index in [1.165, 1.54) is 12.8 Å². The third kappa shape index (κ3) is 2.58. The molecule has 0 saturated heterocycles. The van der Waals surface area contributed by atoms with Crippen molar-refractivity contribution in [2.45, 2.75) is 36.2 Å². The van der Waals surface area contributed by atoms with Crippen molar-refractivity contribution in [2.24, 2.45) is 5.92 Å². The average molecular weight is 270 g/mol. The van der Waals surface area contributed by atoms with E-state index in [2.05, 4.69) is 16.8 Å². The van der Waals surface area contributed by atoms with Crippen LogP contribution >= 0.6 is 19.8 Å². The molecule has 68 valence electrons. The van der Waals surface area contributed by atoms with Gasteiger partial charge in [-0.15, -0.1) is 0 Å². The van der Waals surface area contributed by atoms with Crippen molar-refractivity contribution in [3.05, 3.63) is 0 Å². The summed E-state index contributed by atoms with van der Waals surface area (Å²) in [7, 11) is 0. The van der Waals surface area contributed by atoms with Crippen LogP contribution in [0.15, 0.2) is 0 Å². The number of halogens is 1. The Kier molecular flexibility index (Phi) is 3.62. The molecule has 0 amide bonds. The molecule has 1 aliphatic rings. The van der Waals surface area contributed by atoms with Gasteiger partial charge in [-0.2, -0.15) is 0 Å². The first-order chi connectivity index (χ1) is 5.11. The first-order valence-electron chi connectivity index (χ1n) is 4.28. The normalized spacial score (nSPS) is 40.4. The van der Waals surface area contributed by atoms with E-state index in [-0.39, 0.29) is 6.10 Å². The van der Waals surface area contributed by atoms with Crippen LogP contribution in [0.4, 0.5) is 0 Å². The van der Waals surface area contributed by atoms with Gasteiger partial charge in [0.25, 0.3) is 0 Å². The Morgan fingerprint density at radius 2 is 1.91 bits per heavy atom. The van der Waals surface area contributed by atoms with Gasteiger partial charge in [-0.3, -0.25) is 0 Å². The second-order valence-corrected chi connectivity index (χ2v) is 10.1. The fourth-order valence-electron chi connectivity index (χ4n) is 1.82. The molecule has 0 aromatic heterocycles.